The van der Waals surface area contributed by atoms with E-state index in [-0.39, 0.29) is 28.6 Å². The lowest BCUT2D eigenvalue weighted by Gasteiger charge is -2.25. The topological polar surface area (TPSA) is 106 Å². The fourth-order valence-corrected chi connectivity index (χ4v) is 2.83. The molecule has 1 atom stereocenters. The van der Waals surface area contributed by atoms with Gasteiger partial charge in [-0.05, 0) is 6.07 Å². The third-order valence-electron chi connectivity index (χ3n) is 3.97. The summed E-state index contributed by atoms with van der Waals surface area (Å²) in [4.78, 5) is 0. The van der Waals surface area contributed by atoms with Gasteiger partial charge in [-0.3, -0.25) is 5.10 Å². The Bertz CT molecular complexity index is 928. The van der Waals surface area contributed by atoms with Gasteiger partial charge in [0.1, 0.15) is 28.8 Å². The molecule has 1 aliphatic rings. The van der Waals surface area contributed by atoms with Gasteiger partial charge < -0.3 is 19.9 Å². The first kappa shape index (κ1) is 17.5. The molecule has 0 bridgehead atoms. The van der Waals surface area contributed by atoms with Crippen molar-refractivity contribution in [2.24, 2.45) is 5.73 Å². The number of methoxy groups -OCH3 is 2. The van der Waals surface area contributed by atoms with E-state index >= 15 is 0 Å². The lowest BCUT2D eigenvalue weighted by molar-refractivity contribution is -0.141. The minimum Gasteiger partial charge on any atom is -0.497 e. The first-order valence-electron chi connectivity index (χ1n) is 7.26. The maximum Gasteiger partial charge on any atom is 0.433 e. The Hall–Kier alpha value is -3.35. The summed E-state index contributed by atoms with van der Waals surface area (Å²) in [6, 6.07) is 6.38. The Morgan fingerprint density at radius 1 is 1.31 bits per heavy atom. The van der Waals surface area contributed by atoms with Crippen LogP contribution in [0.2, 0.25) is 0 Å². The maximum absolute atomic E-state index is 13.4. The van der Waals surface area contributed by atoms with Crippen LogP contribution in [-0.4, -0.2) is 24.4 Å². The molecule has 3 N–H and O–H groups in total. The van der Waals surface area contributed by atoms with Crippen molar-refractivity contribution >= 4 is 0 Å². The molecule has 3 rings (SSSR count). The predicted molar refractivity (Wildman–Crippen MR) is 82.4 cm³/mol. The first-order valence-corrected chi connectivity index (χ1v) is 7.26. The number of hydrogen-bond donors (Lipinski definition) is 2. The second kappa shape index (κ2) is 6.18. The molecular weight excluding hydrogens is 353 g/mol. The molecule has 2 heterocycles. The highest BCUT2D eigenvalue weighted by Crippen LogP contribution is 2.49. The molecule has 0 saturated carbocycles. The van der Waals surface area contributed by atoms with Crippen LogP contribution in [0.25, 0.3) is 0 Å². The largest absolute Gasteiger partial charge is 0.497 e. The van der Waals surface area contributed by atoms with Crippen LogP contribution in [0.4, 0.5) is 13.2 Å². The molecule has 0 saturated heterocycles. The number of nitrogens with one attached hydrogen (secondary N) is 1. The van der Waals surface area contributed by atoms with E-state index in [4.69, 9.17) is 19.9 Å². The standard InChI is InChI=1S/C16H13F3N4O3/c1-24-7-3-4-8(10(5-7)25-2)11-9(6-20)14(21)26-15-12(11)13(22-23-15)16(17,18)19/h3-5,11H,21H2,1-2H3,(H,22,23)/t11-/m0/s1. The number of hydrogen-bond acceptors (Lipinski definition) is 6. The van der Waals surface area contributed by atoms with Crippen LogP contribution >= 0.6 is 0 Å². The summed E-state index contributed by atoms with van der Waals surface area (Å²) in [5, 5.41) is 14.9. The Morgan fingerprint density at radius 3 is 2.62 bits per heavy atom. The highest BCUT2D eigenvalue weighted by molar-refractivity contribution is 5.59. The number of H-pyrrole nitrogens is 1. The zero-order valence-corrected chi connectivity index (χ0v) is 13.6. The third kappa shape index (κ3) is 2.67. The summed E-state index contributed by atoms with van der Waals surface area (Å²) in [6.45, 7) is 0. The smallest absolute Gasteiger partial charge is 0.433 e. The summed E-state index contributed by atoms with van der Waals surface area (Å²) in [5.74, 6) is -1.14. The van der Waals surface area contributed by atoms with E-state index in [1.807, 2.05) is 11.2 Å². The van der Waals surface area contributed by atoms with Crippen LogP contribution in [0.15, 0.2) is 29.7 Å². The number of benzene rings is 1. The molecule has 0 radical (unpaired) electrons. The quantitative estimate of drug-likeness (QED) is 0.865. The number of ether oxygens (including phenoxy) is 3. The van der Waals surface area contributed by atoms with Crippen LogP contribution in [0.1, 0.15) is 22.7 Å². The number of halogens is 3. The lowest BCUT2D eigenvalue weighted by Crippen LogP contribution is -2.23. The van der Waals surface area contributed by atoms with Gasteiger partial charge in [0, 0.05) is 11.6 Å². The Labute approximate surface area is 145 Å². The summed E-state index contributed by atoms with van der Waals surface area (Å²) >= 11 is 0. The van der Waals surface area contributed by atoms with Crippen LogP contribution in [0, 0.1) is 11.3 Å². The van der Waals surface area contributed by atoms with E-state index in [0.717, 1.165) is 0 Å². The van der Waals surface area contributed by atoms with Crippen molar-refractivity contribution < 1.29 is 27.4 Å². The van der Waals surface area contributed by atoms with E-state index in [1.165, 1.54) is 26.4 Å². The van der Waals surface area contributed by atoms with Crippen LogP contribution in [0.3, 0.4) is 0 Å². The van der Waals surface area contributed by atoms with Crippen LogP contribution < -0.4 is 19.9 Å². The summed E-state index contributed by atoms with van der Waals surface area (Å²) < 4.78 is 55.7. The lowest BCUT2D eigenvalue weighted by atomic mass is 9.83. The molecule has 26 heavy (non-hydrogen) atoms. The van der Waals surface area contributed by atoms with E-state index in [9.17, 15) is 18.4 Å². The molecule has 0 unspecified atom stereocenters. The predicted octanol–water partition coefficient (Wildman–Crippen LogP) is 2.66. The molecule has 1 aromatic heterocycles. The highest BCUT2D eigenvalue weighted by Gasteiger charge is 2.45. The van der Waals surface area contributed by atoms with E-state index in [0.29, 0.717) is 11.3 Å². The van der Waals surface area contributed by atoms with Gasteiger partial charge in [0.05, 0.1) is 25.7 Å². The third-order valence-corrected chi connectivity index (χ3v) is 3.97. The van der Waals surface area contributed by atoms with Crippen molar-refractivity contribution in [1.82, 2.24) is 10.2 Å². The molecule has 7 nitrogen and oxygen atoms in total. The molecular formula is C16H13F3N4O3. The number of nitrogens with two attached hydrogens (primary N) is 1. The number of fused-ring (bicyclic) bond motifs is 1. The van der Waals surface area contributed by atoms with Gasteiger partial charge in [-0.2, -0.15) is 18.4 Å². The van der Waals surface area contributed by atoms with Crippen molar-refractivity contribution in [2.75, 3.05) is 14.2 Å². The second-order valence-corrected chi connectivity index (χ2v) is 5.35. The Morgan fingerprint density at radius 2 is 2.04 bits per heavy atom. The van der Waals surface area contributed by atoms with Gasteiger partial charge in [0.2, 0.25) is 11.8 Å². The van der Waals surface area contributed by atoms with Gasteiger partial charge >= 0.3 is 6.18 Å². The molecule has 136 valence electrons. The van der Waals surface area contributed by atoms with Crippen molar-refractivity contribution in [3.8, 4) is 23.4 Å². The molecule has 1 aliphatic heterocycles. The second-order valence-electron chi connectivity index (χ2n) is 5.35. The molecule has 10 heteroatoms. The van der Waals surface area contributed by atoms with E-state index in [1.54, 1.807) is 6.07 Å². The van der Waals surface area contributed by atoms with Gasteiger partial charge in [-0.15, -0.1) is 5.10 Å². The highest BCUT2D eigenvalue weighted by atomic mass is 19.4. The minimum absolute atomic E-state index is 0.173. The zero-order valence-electron chi connectivity index (χ0n) is 13.6. The fraction of sp³-hybridized carbons (Fsp3) is 0.250. The SMILES string of the molecule is COc1ccc([C@H]2C(C#N)=C(N)Oc3n[nH]c(C(F)(F)F)c32)c(OC)c1. The van der Waals surface area contributed by atoms with E-state index in [2.05, 4.69) is 5.10 Å². The van der Waals surface area contributed by atoms with Crippen molar-refractivity contribution in [3.05, 3.63) is 46.5 Å². The minimum atomic E-state index is -4.73. The van der Waals surface area contributed by atoms with Gasteiger partial charge in [0.25, 0.3) is 0 Å². The first-order chi connectivity index (χ1) is 12.3. The van der Waals surface area contributed by atoms with Gasteiger partial charge in [-0.25, -0.2) is 0 Å². The molecule has 0 amide bonds. The molecule has 1 aromatic carbocycles. The summed E-state index contributed by atoms with van der Waals surface area (Å²) in [6.07, 6.45) is -4.73. The number of nitrogens with zero attached hydrogens (tertiary/aromatic N) is 2. The number of nitriles is 1. The number of rotatable bonds is 3. The Balaban J connectivity index is 2.30. The summed E-state index contributed by atoms with van der Waals surface area (Å²) in [7, 11) is 2.80. The maximum atomic E-state index is 13.4. The molecule has 2 aromatic rings. The van der Waals surface area contributed by atoms with Crippen molar-refractivity contribution in [1.29, 1.82) is 5.26 Å². The molecule has 0 fully saturated rings. The van der Waals surface area contributed by atoms with Gasteiger partial charge in [-0.1, -0.05) is 6.07 Å². The summed E-state index contributed by atoms with van der Waals surface area (Å²) in [5.41, 5.74) is 4.41. The normalized spacial score (nSPS) is 16.5. The van der Waals surface area contributed by atoms with Crippen molar-refractivity contribution in [2.45, 2.75) is 12.1 Å². The average molecular weight is 366 g/mol. The molecule has 0 spiro atoms. The fourth-order valence-electron chi connectivity index (χ4n) is 2.83. The Kier molecular flexibility index (Phi) is 4.15. The average Bonchev–Trinajstić information content (AvgIpc) is 3.03. The number of aromatic nitrogens is 2. The number of alkyl halides is 3. The van der Waals surface area contributed by atoms with E-state index < -0.39 is 17.8 Å². The molecule has 0 aliphatic carbocycles. The number of allylic oxidation sites excluding steroid dienone is 1. The monoisotopic (exact) mass is 366 g/mol. The van der Waals surface area contributed by atoms with Crippen molar-refractivity contribution in [3.63, 3.8) is 0 Å². The van der Waals surface area contributed by atoms with Gasteiger partial charge in [0.15, 0.2) is 0 Å². The zero-order chi connectivity index (χ0) is 19.1. The van der Waals surface area contributed by atoms with Crippen LogP contribution in [0.5, 0.6) is 17.4 Å². The number of aromatic amines is 1. The van der Waals surface area contributed by atoms with Crippen LogP contribution in [-0.2, 0) is 6.18 Å².